The molecule has 0 radical (unpaired) electrons. The first-order valence-electron chi connectivity index (χ1n) is 11.2. The molecule has 0 saturated heterocycles. The van der Waals surface area contributed by atoms with Gasteiger partial charge in [0, 0.05) is 30.4 Å². The van der Waals surface area contributed by atoms with Crippen molar-refractivity contribution in [2.45, 2.75) is 56.2 Å². The van der Waals surface area contributed by atoms with Crippen molar-refractivity contribution in [2.24, 2.45) is 0 Å². The van der Waals surface area contributed by atoms with Gasteiger partial charge in [-0.25, -0.2) is 19.9 Å². The number of hydrogen-bond acceptors (Lipinski definition) is 7. The number of nitrogens with zero attached hydrogens (tertiary/aromatic N) is 6. The molecule has 3 heterocycles. The van der Waals surface area contributed by atoms with Crippen LogP contribution in [0.2, 0.25) is 0 Å². The molecule has 1 N–H and O–H groups in total. The van der Waals surface area contributed by atoms with Gasteiger partial charge in [0.1, 0.15) is 11.4 Å². The Kier molecular flexibility index (Phi) is 5.46. The highest BCUT2D eigenvalue weighted by Crippen LogP contribution is 2.47. The lowest BCUT2D eigenvalue weighted by Gasteiger charge is -2.17. The molecule has 1 unspecified atom stereocenters. The fourth-order valence-corrected chi connectivity index (χ4v) is 3.88. The van der Waals surface area contributed by atoms with Gasteiger partial charge in [-0.2, -0.15) is 18.4 Å². The number of hydrogen-bond donors (Lipinski definition) is 1. The summed E-state index contributed by atoms with van der Waals surface area (Å²) in [5.41, 5.74) is -0.761. The predicted molar refractivity (Wildman–Crippen MR) is 117 cm³/mol. The van der Waals surface area contributed by atoms with Gasteiger partial charge in [0.2, 0.25) is 0 Å². The van der Waals surface area contributed by atoms with Gasteiger partial charge in [-0.15, -0.1) is 0 Å². The molecule has 0 aliphatic heterocycles. The number of nitrogens with one attached hydrogen (secondary N) is 1. The molecule has 3 aromatic heterocycles. The Morgan fingerprint density at radius 1 is 1.14 bits per heavy atom. The summed E-state index contributed by atoms with van der Waals surface area (Å²) in [6.45, 7) is 1.65. The molecule has 2 saturated carbocycles. The second-order valence-corrected chi connectivity index (χ2v) is 8.92. The number of rotatable bonds is 6. The van der Waals surface area contributed by atoms with Gasteiger partial charge in [-0.1, -0.05) is 0 Å². The van der Waals surface area contributed by atoms with Gasteiger partial charge in [0.15, 0.2) is 5.82 Å². The molecule has 2 fully saturated rings. The van der Waals surface area contributed by atoms with Crippen molar-refractivity contribution in [3.8, 4) is 17.6 Å². The maximum absolute atomic E-state index is 13.5. The van der Waals surface area contributed by atoms with Gasteiger partial charge in [0.25, 0.3) is 5.91 Å². The second kappa shape index (κ2) is 8.37. The first kappa shape index (κ1) is 22.8. The van der Waals surface area contributed by atoms with E-state index in [4.69, 9.17) is 0 Å². The van der Waals surface area contributed by atoms with E-state index in [9.17, 15) is 23.2 Å². The van der Waals surface area contributed by atoms with Crippen LogP contribution in [0.4, 0.5) is 13.2 Å². The van der Waals surface area contributed by atoms with Crippen LogP contribution < -0.4 is 5.32 Å². The number of carbonyl (C=O) groups is 1. The Morgan fingerprint density at radius 3 is 2.43 bits per heavy atom. The maximum atomic E-state index is 13.5. The molecule has 0 aromatic carbocycles. The summed E-state index contributed by atoms with van der Waals surface area (Å²) in [6.07, 6.45) is 4.71. The molecule has 8 nitrogen and oxygen atoms in total. The third-order valence-corrected chi connectivity index (χ3v) is 6.25. The molecule has 1 amide bonds. The molecule has 3 aromatic rings. The topological polar surface area (TPSA) is 117 Å². The predicted octanol–water partition coefficient (Wildman–Crippen LogP) is 4.27. The molecule has 178 valence electrons. The Hall–Kier alpha value is -3.94. The Bertz CT molecular complexity index is 1330. The first-order chi connectivity index (χ1) is 16.7. The Labute approximate surface area is 198 Å². The number of pyridine rings is 1. The van der Waals surface area contributed by atoms with Crippen LogP contribution in [-0.2, 0) is 11.6 Å². The van der Waals surface area contributed by atoms with Crippen LogP contribution in [0.3, 0.4) is 0 Å². The van der Waals surface area contributed by atoms with Crippen molar-refractivity contribution in [1.29, 1.82) is 5.26 Å². The number of amides is 1. The minimum absolute atomic E-state index is 0.0445. The summed E-state index contributed by atoms with van der Waals surface area (Å²) in [4.78, 5) is 34.1. The van der Waals surface area contributed by atoms with E-state index in [1.165, 1.54) is 18.5 Å². The van der Waals surface area contributed by atoms with Crippen LogP contribution >= 0.6 is 0 Å². The summed E-state index contributed by atoms with van der Waals surface area (Å²) in [5.74, 6) is 0.0853. The first-order valence-corrected chi connectivity index (χ1v) is 11.2. The monoisotopic (exact) mass is 479 g/mol. The van der Waals surface area contributed by atoms with E-state index >= 15 is 0 Å². The SMILES string of the molecule is CC(NC(=O)c1cc(C(F)(F)F)nc(C2(C#N)CC2)c1)c1nccnc1-c1ncc(C2CC2)cn1. The molecule has 2 aliphatic carbocycles. The van der Waals surface area contributed by atoms with E-state index in [2.05, 4.69) is 30.2 Å². The highest BCUT2D eigenvalue weighted by atomic mass is 19.4. The standard InChI is InChI=1S/C24H20F3N7O/c1-13(19-20(30-7-6-29-19)21-31-10-16(11-32-21)14-2-3-14)33-22(35)15-8-17(23(12-28)4-5-23)34-18(9-15)24(25,26)27/h6-11,13-14H,2-5H2,1H3,(H,33,35). The molecule has 5 rings (SSSR count). The normalized spacial score (nSPS) is 17.3. The number of aromatic nitrogens is 5. The minimum atomic E-state index is -4.76. The number of nitriles is 1. The lowest BCUT2D eigenvalue weighted by atomic mass is 10.0. The van der Waals surface area contributed by atoms with Gasteiger partial charge in [-0.3, -0.25) is 9.78 Å². The molecular weight excluding hydrogens is 459 g/mol. The van der Waals surface area contributed by atoms with Gasteiger partial charge in [-0.05, 0) is 56.2 Å². The lowest BCUT2D eigenvalue weighted by molar-refractivity contribution is -0.141. The van der Waals surface area contributed by atoms with Crippen molar-refractivity contribution in [3.63, 3.8) is 0 Å². The van der Waals surface area contributed by atoms with Crippen molar-refractivity contribution >= 4 is 5.91 Å². The number of carbonyl (C=O) groups excluding carboxylic acids is 1. The van der Waals surface area contributed by atoms with Crippen molar-refractivity contribution in [2.75, 3.05) is 0 Å². The van der Waals surface area contributed by atoms with Gasteiger partial charge < -0.3 is 5.32 Å². The van der Waals surface area contributed by atoms with Crippen LogP contribution in [0.1, 0.15) is 77.6 Å². The largest absolute Gasteiger partial charge is 0.433 e. The smallest absolute Gasteiger partial charge is 0.344 e. The minimum Gasteiger partial charge on any atom is -0.344 e. The van der Waals surface area contributed by atoms with Gasteiger partial charge >= 0.3 is 6.18 Å². The summed E-state index contributed by atoms with van der Waals surface area (Å²) >= 11 is 0. The lowest BCUT2D eigenvalue weighted by Crippen LogP contribution is -2.29. The molecule has 11 heteroatoms. The molecule has 2 aliphatic rings. The van der Waals surface area contributed by atoms with Gasteiger partial charge in [0.05, 0.1) is 28.9 Å². The van der Waals surface area contributed by atoms with Crippen molar-refractivity contribution in [1.82, 2.24) is 30.2 Å². The summed E-state index contributed by atoms with van der Waals surface area (Å²) < 4.78 is 40.4. The average molecular weight is 479 g/mol. The van der Waals surface area contributed by atoms with Crippen LogP contribution in [0.5, 0.6) is 0 Å². The zero-order valence-corrected chi connectivity index (χ0v) is 18.7. The van der Waals surface area contributed by atoms with Crippen molar-refractivity contribution in [3.05, 3.63) is 65.1 Å². The van der Waals surface area contributed by atoms with E-state index in [1.807, 2.05) is 6.07 Å². The van der Waals surface area contributed by atoms with E-state index < -0.39 is 29.2 Å². The zero-order chi connectivity index (χ0) is 24.8. The number of alkyl halides is 3. The second-order valence-electron chi connectivity index (χ2n) is 8.92. The molecule has 35 heavy (non-hydrogen) atoms. The third kappa shape index (κ3) is 4.56. The molecular formula is C24H20F3N7O. The number of halogens is 3. The zero-order valence-electron chi connectivity index (χ0n) is 18.7. The third-order valence-electron chi connectivity index (χ3n) is 6.25. The summed E-state index contributed by atoms with van der Waals surface area (Å²) in [7, 11) is 0. The maximum Gasteiger partial charge on any atom is 0.433 e. The Morgan fingerprint density at radius 2 is 1.83 bits per heavy atom. The molecule has 1 atom stereocenters. The van der Waals surface area contributed by atoms with Crippen molar-refractivity contribution < 1.29 is 18.0 Å². The summed E-state index contributed by atoms with van der Waals surface area (Å²) in [6, 6.07) is 3.26. The highest BCUT2D eigenvalue weighted by molar-refractivity contribution is 5.94. The van der Waals surface area contributed by atoms with E-state index in [0.29, 0.717) is 42.0 Å². The Balaban J connectivity index is 1.42. The van der Waals surface area contributed by atoms with Crippen LogP contribution in [0.25, 0.3) is 11.5 Å². The van der Waals surface area contributed by atoms with E-state index in [0.717, 1.165) is 18.4 Å². The molecule has 0 bridgehead atoms. The van der Waals surface area contributed by atoms with Crippen LogP contribution in [0.15, 0.2) is 36.9 Å². The van der Waals surface area contributed by atoms with E-state index in [1.54, 1.807) is 19.3 Å². The van der Waals surface area contributed by atoms with Crippen LogP contribution in [0, 0.1) is 11.3 Å². The van der Waals surface area contributed by atoms with Crippen LogP contribution in [-0.4, -0.2) is 30.8 Å². The fraction of sp³-hybridized carbons (Fsp3) is 0.375. The summed E-state index contributed by atoms with van der Waals surface area (Å²) in [5, 5.41) is 12.1. The average Bonchev–Trinajstić information content (AvgIpc) is 3.77. The highest BCUT2D eigenvalue weighted by Gasteiger charge is 2.48. The van der Waals surface area contributed by atoms with E-state index in [-0.39, 0.29) is 11.3 Å². The molecule has 0 spiro atoms. The quantitative estimate of drug-likeness (QED) is 0.561. The fourth-order valence-electron chi connectivity index (χ4n) is 3.88.